The van der Waals surface area contributed by atoms with Crippen LogP contribution in [0.2, 0.25) is 5.02 Å². The fourth-order valence-corrected chi connectivity index (χ4v) is 2.73. The summed E-state index contributed by atoms with van der Waals surface area (Å²) in [5.74, 6) is -0.0625. The molecule has 0 aromatic heterocycles. The van der Waals surface area contributed by atoms with Crippen molar-refractivity contribution in [3.05, 3.63) is 34.9 Å². The first-order valence-corrected chi connectivity index (χ1v) is 6.41. The second-order valence-corrected chi connectivity index (χ2v) is 5.12. The molecule has 2 aliphatic heterocycles. The largest absolute Gasteiger partial charge is 0.327 e. The normalized spacial score (nSPS) is 22.8. The van der Waals surface area contributed by atoms with Gasteiger partial charge in [0.1, 0.15) is 6.04 Å². The number of fused-ring (bicyclic) bond motifs is 1. The maximum absolute atomic E-state index is 12.1. The Morgan fingerprint density at radius 1 is 1.22 bits per heavy atom. The van der Waals surface area contributed by atoms with Gasteiger partial charge >= 0.3 is 6.03 Å². The van der Waals surface area contributed by atoms with Gasteiger partial charge in [0.25, 0.3) is 5.91 Å². The van der Waals surface area contributed by atoms with E-state index < -0.39 is 0 Å². The van der Waals surface area contributed by atoms with Crippen molar-refractivity contribution >= 4 is 23.5 Å². The van der Waals surface area contributed by atoms with Gasteiger partial charge in [0.05, 0.1) is 6.54 Å². The SMILES string of the molecule is O=C1C2CCCN2C(=O)N1Cc1ccc(Cl)cc1. The molecule has 0 spiro atoms. The number of carbonyl (C=O) groups excluding carboxylic acids is 2. The van der Waals surface area contributed by atoms with E-state index >= 15 is 0 Å². The minimum absolute atomic E-state index is 0.0625. The van der Waals surface area contributed by atoms with Gasteiger partial charge in [0, 0.05) is 11.6 Å². The Morgan fingerprint density at radius 2 is 1.94 bits per heavy atom. The van der Waals surface area contributed by atoms with Crippen LogP contribution in [-0.2, 0) is 11.3 Å². The van der Waals surface area contributed by atoms with Crippen molar-refractivity contribution in [1.29, 1.82) is 0 Å². The van der Waals surface area contributed by atoms with Crippen LogP contribution in [0.15, 0.2) is 24.3 Å². The number of urea groups is 1. The highest BCUT2D eigenvalue weighted by Crippen LogP contribution is 2.28. The predicted molar refractivity (Wildman–Crippen MR) is 67.1 cm³/mol. The Labute approximate surface area is 110 Å². The molecule has 3 amide bonds. The summed E-state index contributed by atoms with van der Waals surface area (Å²) in [6.07, 6.45) is 1.72. The van der Waals surface area contributed by atoms with Crippen LogP contribution in [0.25, 0.3) is 0 Å². The highest BCUT2D eigenvalue weighted by molar-refractivity contribution is 6.30. The van der Waals surface area contributed by atoms with Gasteiger partial charge in [-0.3, -0.25) is 9.69 Å². The van der Waals surface area contributed by atoms with Gasteiger partial charge in [-0.05, 0) is 30.5 Å². The van der Waals surface area contributed by atoms with Crippen molar-refractivity contribution in [2.75, 3.05) is 6.54 Å². The molecule has 5 heteroatoms. The van der Waals surface area contributed by atoms with Crippen molar-refractivity contribution in [3.63, 3.8) is 0 Å². The molecule has 0 radical (unpaired) electrons. The lowest BCUT2D eigenvalue weighted by molar-refractivity contribution is -0.128. The lowest BCUT2D eigenvalue weighted by Crippen LogP contribution is -2.32. The van der Waals surface area contributed by atoms with Gasteiger partial charge in [-0.1, -0.05) is 23.7 Å². The third-order valence-electron chi connectivity index (χ3n) is 3.53. The number of halogens is 1. The van der Waals surface area contributed by atoms with Crippen LogP contribution in [0, 0.1) is 0 Å². The number of carbonyl (C=O) groups is 2. The molecule has 2 saturated heterocycles. The third-order valence-corrected chi connectivity index (χ3v) is 3.79. The van der Waals surface area contributed by atoms with Crippen LogP contribution in [0.4, 0.5) is 4.79 Å². The van der Waals surface area contributed by atoms with Crippen molar-refractivity contribution < 1.29 is 9.59 Å². The Balaban J connectivity index is 1.79. The molecule has 1 atom stereocenters. The quantitative estimate of drug-likeness (QED) is 0.769. The molecule has 2 aliphatic rings. The monoisotopic (exact) mass is 264 g/mol. The number of nitrogens with zero attached hydrogens (tertiary/aromatic N) is 2. The summed E-state index contributed by atoms with van der Waals surface area (Å²) in [6, 6.07) is 6.84. The fourth-order valence-electron chi connectivity index (χ4n) is 2.60. The first-order valence-electron chi connectivity index (χ1n) is 6.03. The number of benzene rings is 1. The summed E-state index contributed by atoms with van der Waals surface area (Å²) in [7, 11) is 0. The number of imide groups is 1. The van der Waals surface area contributed by atoms with Gasteiger partial charge in [-0.15, -0.1) is 0 Å². The van der Waals surface area contributed by atoms with Crippen LogP contribution in [0.1, 0.15) is 18.4 Å². The molecule has 94 valence electrons. The predicted octanol–water partition coefficient (Wildman–Crippen LogP) is 2.27. The molecule has 3 rings (SSSR count). The van der Waals surface area contributed by atoms with Crippen LogP contribution in [0.5, 0.6) is 0 Å². The maximum Gasteiger partial charge on any atom is 0.327 e. The molecule has 2 heterocycles. The van der Waals surface area contributed by atoms with Crippen LogP contribution < -0.4 is 0 Å². The highest BCUT2D eigenvalue weighted by Gasteiger charge is 2.46. The molecular formula is C13H13ClN2O2. The van der Waals surface area contributed by atoms with Gasteiger partial charge in [-0.2, -0.15) is 0 Å². The van der Waals surface area contributed by atoms with Crippen molar-refractivity contribution in [2.45, 2.75) is 25.4 Å². The zero-order chi connectivity index (χ0) is 12.7. The molecule has 1 aromatic rings. The molecule has 0 saturated carbocycles. The van der Waals surface area contributed by atoms with Crippen LogP contribution in [-0.4, -0.2) is 34.3 Å². The molecule has 0 N–H and O–H groups in total. The van der Waals surface area contributed by atoms with E-state index in [2.05, 4.69) is 0 Å². The molecule has 0 bridgehead atoms. The maximum atomic E-state index is 12.1. The van der Waals surface area contributed by atoms with E-state index in [0.717, 1.165) is 18.4 Å². The Kier molecular flexibility index (Phi) is 2.74. The fraction of sp³-hybridized carbons (Fsp3) is 0.385. The summed E-state index contributed by atoms with van der Waals surface area (Å²) in [5, 5.41) is 0.651. The number of hydrogen-bond donors (Lipinski definition) is 0. The lowest BCUT2D eigenvalue weighted by atomic mass is 10.2. The van der Waals surface area contributed by atoms with E-state index in [0.29, 0.717) is 18.1 Å². The zero-order valence-electron chi connectivity index (χ0n) is 9.80. The van der Waals surface area contributed by atoms with Gasteiger partial charge in [-0.25, -0.2) is 4.79 Å². The molecule has 0 aliphatic carbocycles. The van der Waals surface area contributed by atoms with E-state index in [4.69, 9.17) is 11.6 Å². The second-order valence-electron chi connectivity index (χ2n) is 4.68. The van der Waals surface area contributed by atoms with Crippen molar-refractivity contribution in [3.8, 4) is 0 Å². The second kappa shape index (κ2) is 4.28. The minimum Gasteiger partial charge on any atom is -0.312 e. The average molecular weight is 265 g/mol. The van der Waals surface area contributed by atoms with Crippen LogP contribution in [0.3, 0.4) is 0 Å². The zero-order valence-corrected chi connectivity index (χ0v) is 10.6. The van der Waals surface area contributed by atoms with Gasteiger partial charge in [0.15, 0.2) is 0 Å². The van der Waals surface area contributed by atoms with E-state index in [1.807, 2.05) is 12.1 Å². The minimum atomic E-state index is -0.218. The molecular weight excluding hydrogens is 252 g/mol. The number of amides is 3. The van der Waals surface area contributed by atoms with Crippen molar-refractivity contribution in [2.24, 2.45) is 0 Å². The summed E-state index contributed by atoms with van der Waals surface area (Å²) in [5.41, 5.74) is 0.919. The third kappa shape index (κ3) is 1.77. The van der Waals surface area contributed by atoms with Crippen molar-refractivity contribution in [1.82, 2.24) is 9.80 Å². The standard InChI is InChI=1S/C13H13ClN2O2/c14-10-5-3-9(4-6-10)8-16-12(17)11-2-1-7-15(11)13(16)18/h3-6,11H,1-2,7-8H2. The van der Waals surface area contributed by atoms with E-state index in [9.17, 15) is 9.59 Å². The molecule has 4 nitrogen and oxygen atoms in total. The van der Waals surface area contributed by atoms with Crippen LogP contribution >= 0.6 is 11.6 Å². The Morgan fingerprint density at radius 3 is 2.61 bits per heavy atom. The summed E-state index contributed by atoms with van der Waals surface area (Å²) in [4.78, 5) is 27.2. The molecule has 2 fully saturated rings. The van der Waals surface area contributed by atoms with E-state index in [1.54, 1.807) is 17.0 Å². The van der Waals surface area contributed by atoms with Gasteiger partial charge < -0.3 is 4.90 Å². The molecule has 1 unspecified atom stereocenters. The first-order chi connectivity index (χ1) is 8.66. The topological polar surface area (TPSA) is 40.6 Å². The summed E-state index contributed by atoms with van der Waals surface area (Å²) < 4.78 is 0. The molecule has 1 aromatic carbocycles. The summed E-state index contributed by atoms with van der Waals surface area (Å²) in [6.45, 7) is 1.04. The number of rotatable bonds is 2. The van der Waals surface area contributed by atoms with E-state index in [-0.39, 0.29) is 18.0 Å². The molecule has 18 heavy (non-hydrogen) atoms. The average Bonchev–Trinajstić information content (AvgIpc) is 2.92. The summed E-state index contributed by atoms with van der Waals surface area (Å²) >= 11 is 5.81. The smallest absolute Gasteiger partial charge is 0.312 e. The number of hydrogen-bond acceptors (Lipinski definition) is 2. The first kappa shape index (κ1) is 11.5. The lowest BCUT2D eigenvalue weighted by Gasteiger charge is -2.15. The van der Waals surface area contributed by atoms with E-state index in [1.165, 1.54) is 4.90 Å². The van der Waals surface area contributed by atoms with Gasteiger partial charge in [0.2, 0.25) is 0 Å². The Bertz CT molecular complexity index is 478. The Hall–Kier alpha value is -1.55. The highest BCUT2D eigenvalue weighted by atomic mass is 35.5.